The van der Waals surface area contributed by atoms with E-state index in [1.165, 1.54) is 5.69 Å². The van der Waals surface area contributed by atoms with Gasteiger partial charge in [0.15, 0.2) is 0 Å². The molecule has 0 radical (unpaired) electrons. The van der Waals surface area contributed by atoms with Crippen molar-refractivity contribution in [2.75, 3.05) is 6.61 Å². The standard InChI is InChI=1S/C9H15NOS/c1-3-5-8-7-12-9(10-8)6-11-4-2/h7H,3-6H2,1-2H3. The Balaban J connectivity index is 2.41. The second-order valence-electron chi connectivity index (χ2n) is 2.62. The Labute approximate surface area is 77.6 Å². The van der Waals surface area contributed by atoms with E-state index in [2.05, 4.69) is 17.3 Å². The van der Waals surface area contributed by atoms with Crippen molar-refractivity contribution in [2.45, 2.75) is 33.3 Å². The number of thiazole rings is 1. The van der Waals surface area contributed by atoms with Gasteiger partial charge in [-0.25, -0.2) is 4.98 Å². The molecule has 0 unspecified atom stereocenters. The predicted octanol–water partition coefficient (Wildman–Crippen LogP) is 2.63. The number of ether oxygens (including phenoxy) is 1. The molecule has 0 atom stereocenters. The van der Waals surface area contributed by atoms with Crippen LogP contribution in [0.25, 0.3) is 0 Å². The van der Waals surface area contributed by atoms with Crippen LogP contribution in [-0.2, 0) is 17.8 Å². The average molecular weight is 185 g/mol. The second-order valence-corrected chi connectivity index (χ2v) is 3.56. The molecule has 0 bridgehead atoms. The molecule has 0 fully saturated rings. The maximum Gasteiger partial charge on any atom is 0.119 e. The lowest BCUT2D eigenvalue weighted by Gasteiger charge is -1.94. The third-order valence-corrected chi connectivity index (χ3v) is 2.41. The van der Waals surface area contributed by atoms with Crippen LogP contribution < -0.4 is 0 Å². The van der Waals surface area contributed by atoms with Gasteiger partial charge in [-0.05, 0) is 13.3 Å². The number of nitrogens with zero attached hydrogens (tertiary/aromatic N) is 1. The first-order valence-electron chi connectivity index (χ1n) is 4.37. The zero-order valence-electron chi connectivity index (χ0n) is 7.67. The lowest BCUT2D eigenvalue weighted by molar-refractivity contribution is 0.134. The Morgan fingerprint density at radius 2 is 2.33 bits per heavy atom. The molecule has 1 rings (SSSR count). The minimum absolute atomic E-state index is 0.672. The van der Waals surface area contributed by atoms with Crippen molar-refractivity contribution in [3.63, 3.8) is 0 Å². The lowest BCUT2D eigenvalue weighted by atomic mass is 10.3. The summed E-state index contributed by atoms with van der Waals surface area (Å²) in [6, 6.07) is 0. The fourth-order valence-corrected chi connectivity index (χ4v) is 1.74. The first kappa shape index (κ1) is 9.68. The molecule has 12 heavy (non-hydrogen) atoms. The normalized spacial score (nSPS) is 10.5. The van der Waals surface area contributed by atoms with E-state index < -0.39 is 0 Å². The minimum atomic E-state index is 0.672. The molecular weight excluding hydrogens is 170 g/mol. The van der Waals surface area contributed by atoms with Crippen LogP contribution in [0.3, 0.4) is 0 Å². The molecule has 2 nitrogen and oxygen atoms in total. The molecule has 0 saturated carbocycles. The smallest absolute Gasteiger partial charge is 0.119 e. The molecule has 0 N–H and O–H groups in total. The maximum absolute atomic E-state index is 5.26. The Morgan fingerprint density at radius 1 is 1.50 bits per heavy atom. The van der Waals surface area contributed by atoms with Gasteiger partial charge in [-0.3, -0.25) is 0 Å². The molecule has 0 saturated heterocycles. The van der Waals surface area contributed by atoms with Gasteiger partial charge in [-0.1, -0.05) is 13.3 Å². The summed E-state index contributed by atoms with van der Waals surface area (Å²) in [5.41, 5.74) is 1.21. The highest BCUT2D eigenvalue weighted by molar-refractivity contribution is 7.09. The second kappa shape index (κ2) is 5.27. The van der Waals surface area contributed by atoms with Crippen molar-refractivity contribution in [1.29, 1.82) is 0 Å². The van der Waals surface area contributed by atoms with Gasteiger partial charge in [0, 0.05) is 12.0 Å². The van der Waals surface area contributed by atoms with E-state index in [1.54, 1.807) is 11.3 Å². The van der Waals surface area contributed by atoms with Crippen molar-refractivity contribution in [1.82, 2.24) is 4.98 Å². The molecule has 0 spiro atoms. The lowest BCUT2D eigenvalue weighted by Crippen LogP contribution is -1.91. The number of hydrogen-bond donors (Lipinski definition) is 0. The fraction of sp³-hybridized carbons (Fsp3) is 0.667. The molecule has 3 heteroatoms. The monoisotopic (exact) mass is 185 g/mol. The Kier molecular flexibility index (Phi) is 4.25. The van der Waals surface area contributed by atoms with Gasteiger partial charge >= 0.3 is 0 Å². The highest BCUT2D eigenvalue weighted by Crippen LogP contribution is 2.11. The number of hydrogen-bond acceptors (Lipinski definition) is 3. The number of rotatable bonds is 5. The molecule has 0 aliphatic carbocycles. The third kappa shape index (κ3) is 2.91. The van der Waals surface area contributed by atoms with Crippen LogP contribution in [0, 0.1) is 0 Å². The van der Waals surface area contributed by atoms with E-state index in [4.69, 9.17) is 4.74 Å². The Morgan fingerprint density at radius 3 is 3.00 bits per heavy atom. The van der Waals surface area contributed by atoms with Gasteiger partial charge in [-0.2, -0.15) is 0 Å². The van der Waals surface area contributed by atoms with Crippen molar-refractivity contribution in [2.24, 2.45) is 0 Å². The highest BCUT2D eigenvalue weighted by Gasteiger charge is 1.99. The molecule has 0 aliphatic heterocycles. The van der Waals surface area contributed by atoms with Crippen LogP contribution in [0.1, 0.15) is 31.0 Å². The third-order valence-electron chi connectivity index (χ3n) is 1.54. The number of aromatic nitrogens is 1. The van der Waals surface area contributed by atoms with Crippen molar-refractivity contribution in [3.05, 3.63) is 16.1 Å². The van der Waals surface area contributed by atoms with E-state index in [9.17, 15) is 0 Å². The summed E-state index contributed by atoms with van der Waals surface area (Å²) in [4.78, 5) is 4.43. The summed E-state index contributed by atoms with van der Waals surface area (Å²) in [7, 11) is 0. The van der Waals surface area contributed by atoms with Crippen molar-refractivity contribution >= 4 is 11.3 Å². The van der Waals surface area contributed by atoms with E-state index in [0.29, 0.717) is 6.61 Å². The fourth-order valence-electron chi connectivity index (χ4n) is 0.976. The van der Waals surface area contributed by atoms with Crippen LogP contribution in [0.2, 0.25) is 0 Å². The van der Waals surface area contributed by atoms with E-state index in [-0.39, 0.29) is 0 Å². The van der Waals surface area contributed by atoms with Gasteiger partial charge in [0.05, 0.1) is 12.3 Å². The minimum Gasteiger partial charge on any atom is -0.375 e. The van der Waals surface area contributed by atoms with Crippen LogP contribution in [-0.4, -0.2) is 11.6 Å². The van der Waals surface area contributed by atoms with Gasteiger partial charge in [0.25, 0.3) is 0 Å². The zero-order valence-corrected chi connectivity index (χ0v) is 8.49. The van der Waals surface area contributed by atoms with Crippen molar-refractivity contribution in [3.8, 4) is 0 Å². The molecule has 68 valence electrons. The summed E-state index contributed by atoms with van der Waals surface area (Å²) in [6.07, 6.45) is 2.25. The summed E-state index contributed by atoms with van der Waals surface area (Å²) < 4.78 is 5.26. The predicted molar refractivity (Wildman–Crippen MR) is 51.4 cm³/mol. The van der Waals surface area contributed by atoms with Gasteiger partial charge in [-0.15, -0.1) is 11.3 Å². The van der Waals surface area contributed by atoms with Gasteiger partial charge in [0.1, 0.15) is 5.01 Å². The molecule has 1 heterocycles. The number of aryl methyl sites for hydroxylation is 1. The average Bonchev–Trinajstić information content (AvgIpc) is 2.50. The summed E-state index contributed by atoms with van der Waals surface area (Å²) in [5, 5.41) is 3.22. The van der Waals surface area contributed by atoms with Gasteiger partial charge < -0.3 is 4.74 Å². The molecule has 0 aromatic carbocycles. The van der Waals surface area contributed by atoms with Crippen LogP contribution in [0.15, 0.2) is 5.38 Å². The Hall–Kier alpha value is -0.410. The summed E-state index contributed by atoms with van der Waals surface area (Å²) >= 11 is 1.69. The highest BCUT2D eigenvalue weighted by atomic mass is 32.1. The van der Waals surface area contributed by atoms with E-state index in [0.717, 1.165) is 24.5 Å². The molecule has 1 aromatic rings. The van der Waals surface area contributed by atoms with E-state index >= 15 is 0 Å². The topological polar surface area (TPSA) is 22.1 Å². The molecule has 1 aromatic heterocycles. The van der Waals surface area contributed by atoms with Crippen LogP contribution >= 0.6 is 11.3 Å². The molecular formula is C9H15NOS. The first-order valence-corrected chi connectivity index (χ1v) is 5.25. The SMILES string of the molecule is CCCc1csc(COCC)n1. The zero-order chi connectivity index (χ0) is 8.81. The van der Waals surface area contributed by atoms with Crippen LogP contribution in [0.5, 0.6) is 0 Å². The Bertz CT molecular complexity index is 222. The molecule has 0 amide bonds. The van der Waals surface area contributed by atoms with Crippen LogP contribution in [0.4, 0.5) is 0 Å². The first-order chi connectivity index (χ1) is 5.86. The molecule has 0 aliphatic rings. The summed E-state index contributed by atoms with van der Waals surface area (Å²) in [6.45, 7) is 5.61. The quantitative estimate of drug-likeness (QED) is 0.703. The summed E-state index contributed by atoms with van der Waals surface area (Å²) in [5.74, 6) is 0. The largest absolute Gasteiger partial charge is 0.375 e. The maximum atomic E-state index is 5.26. The van der Waals surface area contributed by atoms with Gasteiger partial charge in [0.2, 0.25) is 0 Å². The van der Waals surface area contributed by atoms with E-state index in [1.807, 2.05) is 6.92 Å². The van der Waals surface area contributed by atoms with Crippen molar-refractivity contribution < 1.29 is 4.74 Å².